The van der Waals surface area contributed by atoms with E-state index in [2.05, 4.69) is 15.1 Å². The molecule has 13 heteroatoms. The highest BCUT2D eigenvalue weighted by Crippen LogP contribution is 2.45. The molecule has 3 aromatic rings. The van der Waals surface area contributed by atoms with Crippen LogP contribution in [-0.2, 0) is 6.54 Å². The molecule has 224 valence electrons. The number of benzene rings is 1. The first-order chi connectivity index (χ1) is 20.3. The number of carbonyl (C=O) groups excluding carboxylic acids is 1. The number of halogens is 2. The topological polar surface area (TPSA) is 120 Å². The molecule has 1 unspecified atom stereocenters. The minimum Gasteiger partial charge on any atom is -0.461 e. The Hall–Kier alpha value is -3.58. The number of hydrogen-bond donors (Lipinski definition) is 2. The van der Waals surface area contributed by atoms with Crippen molar-refractivity contribution in [2.75, 3.05) is 42.6 Å². The minimum absolute atomic E-state index is 0.00687. The van der Waals surface area contributed by atoms with Gasteiger partial charge >= 0.3 is 12.6 Å². The van der Waals surface area contributed by atoms with Crippen molar-refractivity contribution in [1.29, 1.82) is 0 Å². The summed E-state index contributed by atoms with van der Waals surface area (Å²) >= 11 is 0. The van der Waals surface area contributed by atoms with E-state index in [0.29, 0.717) is 66.1 Å². The molecule has 0 aliphatic carbocycles. The van der Waals surface area contributed by atoms with E-state index < -0.39 is 18.6 Å². The van der Waals surface area contributed by atoms with E-state index >= 15 is 0 Å². The minimum atomic E-state index is -3.07. The van der Waals surface area contributed by atoms with Crippen LogP contribution in [0.4, 0.5) is 20.3 Å². The fourth-order valence-electron chi connectivity index (χ4n) is 7.28. The molecule has 1 atom stereocenters. The second kappa shape index (κ2) is 10.6. The van der Waals surface area contributed by atoms with Gasteiger partial charge in [-0.15, -0.1) is 0 Å². The standard InChI is InChI=1S/C29H35F2N7O4/c1-17-13-20-19(14-32-35-20)23(24(17)42-27(30)31)38-15-21-22(26(38)40)25(36-9-2-5-18(39)6-12-36)34-28(33-21)41-16-29-7-3-10-37(29)11-4-8-29/h13-14,18,27,39H,2-12,15-16H2,1H3,(H,32,35). The Balaban J connectivity index is 1.29. The van der Waals surface area contributed by atoms with Gasteiger partial charge in [0.05, 0.1) is 41.3 Å². The molecule has 2 aromatic heterocycles. The number of aromatic nitrogens is 4. The van der Waals surface area contributed by atoms with Gasteiger partial charge in [0.25, 0.3) is 5.91 Å². The van der Waals surface area contributed by atoms with E-state index in [9.17, 15) is 18.7 Å². The smallest absolute Gasteiger partial charge is 0.387 e. The van der Waals surface area contributed by atoms with Gasteiger partial charge in [0.15, 0.2) is 5.75 Å². The molecule has 4 aliphatic heterocycles. The van der Waals surface area contributed by atoms with Crippen molar-refractivity contribution >= 4 is 28.3 Å². The SMILES string of the molecule is Cc1cc2[nH]ncc2c(N2Cc3nc(OCC45CCCN4CCC5)nc(N4CCCC(O)CC4)c3C2=O)c1OC(F)F. The zero-order valence-electron chi connectivity index (χ0n) is 23.6. The summed E-state index contributed by atoms with van der Waals surface area (Å²) in [5.74, 6) is -0.0262. The Morgan fingerprint density at radius 3 is 2.74 bits per heavy atom. The molecule has 6 heterocycles. The second-order valence-electron chi connectivity index (χ2n) is 11.9. The van der Waals surface area contributed by atoms with Crippen LogP contribution in [0.2, 0.25) is 0 Å². The van der Waals surface area contributed by atoms with Crippen LogP contribution in [-0.4, -0.2) is 87.1 Å². The molecule has 0 saturated carbocycles. The van der Waals surface area contributed by atoms with Crippen LogP contribution < -0.4 is 19.3 Å². The largest absolute Gasteiger partial charge is 0.461 e. The van der Waals surface area contributed by atoms with Crippen molar-refractivity contribution in [3.63, 3.8) is 0 Å². The maximum atomic E-state index is 14.2. The van der Waals surface area contributed by atoms with Crippen LogP contribution >= 0.6 is 0 Å². The average Bonchev–Trinajstić information content (AvgIpc) is 3.70. The highest BCUT2D eigenvalue weighted by Gasteiger charge is 2.45. The maximum absolute atomic E-state index is 14.2. The van der Waals surface area contributed by atoms with E-state index in [1.54, 1.807) is 13.0 Å². The molecular formula is C29H35F2N7O4. The zero-order valence-corrected chi connectivity index (χ0v) is 23.6. The number of carbonyl (C=O) groups is 1. The summed E-state index contributed by atoms with van der Waals surface area (Å²) in [6.07, 6.45) is 7.47. The predicted molar refractivity (Wildman–Crippen MR) is 150 cm³/mol. The predicted octanol–water partition coefficient (Wildman–Crippen LogP) is 3.78. The number of ether oxygens (including phenoxy) is 2. The quantitative estimate of drug-likeness (QED) is 0.428. The van der Waals surface area contributed by atoms with E-state index in [1.807, 2.05) is 4.90 Å². The first kappa shape index (κ1) is 27.3. The molecule has 42 heavy (non-hydrogen) atoms. The van der Waals surface area contributed by atoms with Gasteiger partial charge in [-0.1, -0.05) is 0 Å². The van der Waals surface area contributed by atoms with E-state index in [0.717, 1.165) is 45.2 Å². The van der Waals surface area contributed by atoms with Gasteiger partial charge in [-0.05, 0) is 76.6 Å². The lowest BCUT2D eigenvalue weighted by Crippen LogP contribution is -2.43. The van der Waals surface area contributed by atoms with Crippen molar-refractivity contribution in [3.05, 3.63) is 29.1 Å². The molecule has 4 aliphatic rings. The van der Waals surface area contributed by atoms with Crippen molar-refractivity contribution in [2.24, 2.45) is 0 Å². The van der Waals surface area contributed by atoms with E-state index in [1.165, 1.54) is 11.1 Å². The Bertz CT molecular complexity index is 1500. The molecule has 3 saturated heterocycles. The van der Waals surface area contributed by atoms with Gasteiger partial charge < -0.3 is 19.5 Å². The first-order valence-corrected chi connectivity index (χ1v) is 14.8. The zero-order chi connectivity index (χ0) is 29.0. The van der Waals surface area contributed by atoms with Crippen LogP contribution in [0.3, 0.4) is 0 Å². The van der Waals surface area contributed by atoms with Gasteiger partial charge in [0, 0.05) is 18.5 Å². The fourth-order valence-corrected chi connectivity index (χ4v) is 7.28. The number of aliphatic hydroxyl groups excluding tert-OH is 1. The Morgan fingerprint density at radius 2 is 1.95 bits per heavy atom. The summed E-state index contributed by atoms with van der Waals surface area (Å²) in [6.45, 7) is 2.37. The van der Waals surface area contributed by atoms with Gasteiger partial charge in [-0.2, -0.15) is 23.8 Å². The molecule has 11 nitrogen and oxygen atoms in total. The van der Waals surface area contributed by atoms with Crippen LogP contribution in [0.25, 0.3) is 10.9 Å². The van der Waals surface area contributed by atoms with Crippen LogP contribution in [0.15, 0.2) is 12.3 Å². The highest BCUT2D eigenvalue weighted by molar-refractivity contribution is 6.16. The second-order valence-corrected chi connectivity index (χ2v) is 11.9. The van der Waals surface area contributed by atoms with Gasteiger partial charge in [-0.3, -0.25) is 19.7 Å². The third-order valence-electron chi connectivity index (χ3n) is 9.32. The number of fused-ring (bicyclic) bond motifs is 3. The molecule has 1 amide bonds. The molecule has 0 spiro atoms. The summed E-state index contributed by atoms with van der Waals surface area (Å²) in [5, 5.41) is 17.7. The molecule has 3 fully saturated rings. The monoisotopic (exact) mass is 583 g/mol. The van der Waals surface area contributed by atoms with Crippen molar-refractivity contribution < 1.29 is 28.2 Å². The number of aromatic amines is 1. The van der Waals surface area contributed by atoms with Crippen molar-refractivity contribution in [3.8, 4) is 11.8 Å². The summed E-state index contributed by atoms with van der Waals surface area (Å²) in [7, 11) is 0. The van der Waals surface area contributed by atoms with Gasteiger partial charge in [0.1, 0.15) is 18.0 Å². The van der Waals surface area contributed by atoms with Crippen LogP contribution in [0, 0.1) is 6.92 Å². The lowest BCUT2D eigenvalue weighted by Gasteiger charge is -2.31. The number of rotatable bonds is 7. The van der Waals surface area contributed by atoms with E-state index in [-0.39, 0.29) is 29.5 Å². The average molecular weight is 584 g/mol. The number of amides is 1. The summed E-state index contributed by atoms with van der Waals surface area (Å²) in [5.41, 5.74) is 2.04. The molecule has 0 radical (unpaired) electrons. The number of H-pyrrole nitrogens is 1. The van der Waals surface area contributed by atoms with E-state index in [4.69, 9.17) is 19.4 Å². The third kappa shape index (κ3) is 4.62. The number of anilines is 2. The number of nitrogens with zero attached hydrogens (tertiary/aromatic N) is 6. The molecule has 7 rings (SSSR count). The Kier molecular flexibility index (Phi) is 6.88. The Morgan fingerprint density at radius 1 is 1.14 bits per heavy atom. The van der Waals surface area contributed by atoms with Crippen molar-refractivity contribution in [1.82, 2.24) is 25.1 Å². The maximum Gasteiger partial charge on any atom is 0.387 e. The summed E-state index contributed by atoms with van der Waals surface area (Å²) in [6, 6.07) is 1.88. The number of hydrogen-bond acceptors (Lipinski definition) is 9. The number of aliphatic hydroxyl groups is 1. The van der Waals surface area contributed by atoms with Crippen LogP contribution in [0.1, 0.15) is 66.6 Å². The lowest BCUT2D eigenvalue weighted by molar-refractivity contribution is -0.0498. The van der Waals surface area contributed by atoms with Gasteiger partial charge in [-0.25, -0.2) is 0 Å². The van der Waals surface area contributed by atoms with Gasteiger partial charge in [0.2, 0.25) is 0 Å². The molecule has 2 N–H and O–H groups in total. The third-order valence-corrected chi connectivity index (χ3v) is 9.32. The number of alkyl halides is 2. The fraction of sp³-hybridized carbons (Fsp3) is 0.586. The summed E-state index contributed by atoms with van der Waals surface area (Å²) < 4.78 is 38.4. The van der Waals surface area contributed by atoms with Crippen molar-refractivity contribution in [2.45, 2.75) is 76.7 Å². The number of nitrogens with one attached hydrogen (secondary N) is 1. The molecule has 1 aromatic carbocycles. The molecular weight excluding hydrogens is 548 g/mol. The first-order valence-electron chi connectivity index (χ1n) is 14.8. The lowest BCUT2D eigenvalue weighted by atomic mass is 9.95. The van der Waals surface area contributed by atoms with Crippen LogP contribution in [0.5, 0.6) is 11.8 Å². The Labute approximate surface area is 241 Å². The molecule has 0 bridgehead atoms. The summed E-state index contributed by atoms with van der Waals surface area (Å²) in [4.78, 5) is 29.7. The normalized spacial score (nSPS) is 22.2. The number of aryl methyl sites for hydroxylation is 1. The highest BCUT2D eigenvalue weighted by atomic mass is 19.3.